The Morgan fingerprint density at radius 2 is 1.94 bits per heavy atom. The van der Waals surface area contributed by atoms with Gasteiger partial charge in [-0.1, -0.05) is 47.6 Å². The number of hydrogen-bond acceptors (Lipinski definition) is 6. The zero-order chi connectivity index (χ0) is 21.6. The van der Waals surface area contributed by atoms with E-state index in [1.165, 1.54) is 11.8 Å². The first-order chi connectivity index (χ1) is 15.2. The second-order valence-electron chi connectivity index (χ2n) is 6.49. The molecule has 0 unspecified atom stereocenters. The maximum absolute atomic E-state index is 12.5. The number of aromatic nitrogens is 3. The molecule has 0 aliphatic rings. The van der Waals surface area contributed by atoms with Crippen LogP contribution < -0.4 is 10.1 Å². The van der Waals surface area contributed by atoms with Crippen LogP contribution in [0.4, 0.5) is 5.69 Å². The molecule has 9 heteroatoms. The van der Waals surface area contributed by atoms with Gasteiger partial charge >= 0.3 is 0 Å². The molecule has 0 saturated heterocycles. The smallest absolute Gasteiger partial charge is 0.234 e. The number of benzene rings is 2. The number of hydrogen-bond donors (Lipinski definition) is 1. The lowest BCUT2D eigenvalue weighted by Crippen LogP contribution is -2.15. The molecule has 7 nitrogen and oxygen atoms in total. The Hall–Kier alpha value is -3.23. The van der Waals surface area contributed by atoms with Crippen LogP contribution in [-0.2, 0) is 11.3 Å². The van der Waals surface area contributed by atoms with E-state index in [9.17, 15) is 4.79 Å². The van der Waals surface area contributed by atoms with Gasteiger partial charge in [0.1, 0.15) is 11.5 Å². The summed E-state index contributed by atoms with van der Waals surface area (Å²) in [6.45, 7) is 0.418. The monoisotopic (exact) mass is 454 g/mol. The number of amides is 1. The van der Waals surface area contributed by atoms with Gasteiger partial charge in [0, 0.05) is 0 Å². The third-order valence-electron chi connectivity index (χ3n) is 4.44. The number of halogens is 1. The Balaban J connectivity index is 1.58. The van der Waals surface area contributed by atoms with Crippen LogP contribution in [0.2, 0.25) is 5.02 Å². The summed E-state index contributed by atoms with van der Waals surface area (Å²) in [7, 11) is 1.61. The highest BCUT2D eigenvalue weighted by Gasteiger charge is 2.19. The van der Waals surface area contributed by atoms with E-state index in [2.05, 4.69) is 15.5 Å². The lowest BCUT2D eigenvalue weighted by atomic mass is 10.2. The Morgan fingerprint density at radius 1 is 1.13 bits per heavy atom. The zero-order valence-electron chi connectivity index (χ0n) is 16.6. The first-order valence-electron chi connectivity index (χ1n) is 9.42. The molecule has 0 atom stereocenters. The molecule has 2 heterocycles. The Bertz CT molecular complexity index is 1180. The Kier molecular flexibility index (Phi) is 6.59. The Morgan fingerprint density at radius 3 is 2.71 bits per heavy atom. The van der Waals surface area contributed by atoms with Crippen molar-refractivity contribution in [2.24, 2.45) is 0 Å². The molecular formula is C22H19ClN4O3S. The number of carbonyl (C=O) groups excluding carboxylic acids is 1. The number of carbonyl (C=O) groups is 1. The van der Waals surface area contributed by atoms with Crippen LogP contribution >= 0.6 is 23.4 Å². The van der Waals surface area contributed by atoms with Crippen molar-refractivity contribution in [1.29, 1.82) is 0 Å². The number of methoxy groups -OCH3 is 1. The van der Waals surface area contributed by atoms with Crippen LogP contribution in [0.3, 0.4) is 0 Å². The van der Waals surface area contributed by atoms with E-state index in [0.717, 1.165) is 11.3 Å². The SMILES string of the molecule is COc1ccccc1-c1nnc(SCC(=O)Nc2ccccc2Cl)n1Cc1ccco1. The van der Waals surface area contributed by atoms with E-state index in [4.69, 9.17) is 20.8 Å². The summed E-state index contributed by atoms with van der Waals surface area (Å²) < 4.78 is 12.9. The van der Waals surface area contributed by atoms with Crippen molar-refractivity contribution in [3.05, 3.63) is 77.7 Å². The summed E-state index contributed by atoms with van der Waals surface area (Å²) >= 11 is 7.40. The van der Waals surface area contributed by atoms with Gasteiger partial charge < -0.3 is 14.5 Å². The predicted octanol–water partition coefficient (Wildman–Crippen LogP) is 4.98. The molecule has 0 aliphatic heterocycles. The third-order valence-corrected chi connectivity index (χ3v) is 5.74. The van der Waals surface area contributed by atoms with Crippen molar-refractivity contribution < 1.29 is 13.9 Å². The van der Waals surface area contributed by atoms with Crippen LogP contribution in [0.1, 0.15) is 5.76 Å². The van der Waals surface area contributed by atoms with E-state index in [1.807, 2.05) is 53.1 Å². The maximum Gasteiger partial charge on any atom is 0.234 e. The minimum Gasteiger partial charge on any atom is -0.496 e. The van der Waals surface area contributed by atoms with Gasteiger partial charge in [-0.3, -0.25) is 9.36 Å². The van der Waals surface area contributed by atoms with Crippen LogP contribution in [0.25, 0.3) is 11.4 Å². The van der Waals surface area contributed by atoms with Crippen LogP contribution in [0.15, 0.2) is 76.5 Å². The van der Waals surface area contributed by atoms with Crippen molar-refractivity contribution in [3.63, 3.8) is 0 Å². The number of anilines is 1. The molecule has 0 saturated carbocycles. The van der Waals surface area contributed by atoms with Crippen LogP contribution in [0, 0.1) is 0 Å². The second kappa shape index (κ2) is 9.72. The van der Waals surface area contributed by atoms with E-state index in [0.29, 0.717) is 34.0 Å². The fraction of sp³-hybridized carbons (Fsp3) is 0.136. The fourth-order valence-corrected chi connectivity index (χ4v) is 3.92. The van der Waals surface area contributed by atoms with Crippen molar-refractivity contribution in [3.8, 4) is 17.1 Å². The average Bonchev–Trinajstić information content (AvgIpc) is 3.44. The van der Waals surface area contributed by atoms with Crippen LogP contribution in [0.5, 0.6) is 5.75 Å². The molecule has 31 heavy (non-hydrogen) atoms. The van der Waals surface area contributed by atoms with E-state index in [-0.39, 0.29) is 11.7 Å². The van der Waals surface area contributed by atoms with Gasteiger partial charge in [-0.2, -0.15) is 0 Å². The maximum atomic E-state index is 12.5. The highest BCUT2D eigenvalue weighted by Crippen LogP contribution is 2.31. The first-order valence-corrected chi connectivity index (χ1v) is 10.8. The number of thioether (sulfide) groups is 1. The van der Waals surface area contributed by atoms with Gasteiger partial charge in [0.25, 0.3) is 0 Å². The van der Waals surface area contributed by atoms with Crippen molar-refractivity contribution in [1.82, 2.24) is 14.8 Å². The number of nitrogens with zero attached hydrogens (tertiary/aromatic N) is 3. The summed E-state index contributed by atoms with van der Waals surface area (Å²) in [5, 5.41) is 12.6. The van der Waals surface area contributed by atoms with Crippen LogP contribution in [-0.4, -0.2) is 33.5 Å². The fourth-order valence-electron chi connectivity index (χ4n) is 3.00. The number of furan rings is 1. The summed E-state index contributed by atoms with van der Waals surface area (Å²) in [5.74, 6) is 2.02. The third kappa shape index (κ3) is 4.92. The molecule has 4 aromatic rings. The molecule has 1 N–H and O–H groups in total. The van der Waals surface area contributed by atoms with Gasteiger partial charge in [-0.15, -0.1) is 10.2 Å². The molecule has 0 radical (unpaired) electrons. The summed E-state index contributed by atoms with van der Waals surface area (Å²) in [6, 6.07) is 18.4. The average molecular weight is 455 g/mol. The van der Waals surface area contributed by atoms with Crippen molar-refractivity contribution >= 4 is 35.0 Å². The van der Waals surface area contributed by atoms with E-state index < -0.39 is 0 Å². The first kappa shape index (κ1) is 21.0. The highest BCUT2D eigenvalue weighted by molar-refractivity contribution is 7.99. The lowest BCUT2D eigenvalue weighted by Gasteiger charge is -2.11. The molecule has 4 rings (SSSR count). The molecular weight excluding hydrogens is 436 g/mol. The molecule has 0 aliphatic carbocycles. The molecule has 158 valence electrons. The molecule has 0 spiro atoms. The zero-order valence-corrected chi connectivity index (χ0v) is 18.2. The van der Waals surface area contributed by atoms with E-state index >= 15 is 0 Å². The van der Waals surface area contributed by atoms with Gasteiger partial charge in [0.05, 0.1) is 41.9 Å². The molecule has 0 fully saturated rings. The Labute approximate surface area is 188 Å². The predicted molar refractivity (Wildman–Crippen MR) is 121 cm³/mol. The van der Waals surface area contributed by atoms with Gasteiger partial charge in [0.15, 0.2) is 11.0 Å². The van der Waals surface area contributed by atoms with Crippen molar-refractivity contribution in [2.75, 3.05) is 18.2 Å². The minimum atomic E-state index is -0.190. The number of nitrogens with one attached hydrogen (secondary N) is 1. The minimum absolute atomic E-state index is 0.146. The standard InChI is InChI=1S/C22H19ClN4O3S/c1-29-19-11-5-2-8-16(19)21-25-26-22(27(21)13-15-7-6-12-30-15)31-14-20(28)24-18-10-4-3-9-17(18)23/h2-12H,13-14H2,1H3,(H,24,28). The quantitative estimate of drug-likeness (QED) is 0.378. The van der Waals surface area contributed by atoms with Gasteiger partial charge in [-0.25, -0.2) is 0 Å². The van der Waals surface area contributed by atoms with E-state index in [1.54, 1.807) is 25.5 Å². The summed E-state index contributed by atoms with van der Waals surface area (Å²) in [5.41, 5.74) is 1.37. The topological polar surface area (TPSA) is 82.2 Å². The molecule has 1 amide bonds. The number of para-hydroxylation sites is 2. The number of ether oxygens (including phenoxy) is 1. The summed E-state index contributed by atoms with van der Waals surface area (Å²) in [6.07, 6.45) is 1.62. The lowest BCUT2D eigenvalue weighted by molar-refractivity contribution is -0.113. The molecule has 2 aromatic carbocycles. The summed E-state index contributed by atoms with van der Waals surface area (Å²) in [4.78, 5) is 12.5. The second-order valence-corrected chi connectivity index (χ2v) is 7.84. The van der Waals surface area contributed by atoms with Gasteiger partial charge in [-0.05, 0) is 36.4 Å². The molecule has 2 aromatic heterocycles. The van der Waals surface area contributed by atoms with Crippen molar-refractivity contribution in [2.45, 2.75) is 11.7 Å². The normalized spacial score (nSPS) is 10.8. The number of rotatable bonds is 8. The highest BCUT2D eigenvalue weighted by atomic mass is 35.5. The van der Waals surface area contributed by atoms with Gasteiger partial charge in [0.2, 0.25) is 5.91 Å². The molecule has 0 bridgehead atoms. The largest absolute Gasteiger partial charge is 0.496 e.